The molecule has 0 amide bonds. The standard InChI is InChI=1S/C25H25N2.C13H24O2.Ir/c1-17-10-18(2)12-21(11-17)24-13-23(22(15-26)16-27-24)20-8-6-19(7-9-20)14-25(3,4)5;1-5-10(6-2)12(14)9-13(15)11(7-3)8-4;/h6-11,13,16H,14H2,1-5H3;9-11,14H,5-8H2,1-4H3;/q-1;;/b;12-9-;. The maximum absolute atomic E-state index is 11.7. The van der Waals surface area contributed by atoms with Crippen LogP contribution in [0.5, 0.6) is 0 Å². The molecule has 1 aromatic heterocycles. The number of aryl methyl sites for hydroxylation is 2. The fourth-order valence-corrected chi connectivity index (χ4v) is 5.16. The Morgan fingerprint density at radius 1 is 0.977 bits per heavy atom. The second-order valence-corrected chi connectivity index (χ2v) is 12.4. The molecular weight excluding hydrogens is 709 g/mol. The monoisotopic (exact) mass is 758 g/mol. The molecule has 1 radical (unpaired) electrons. The molecule has 0 bridgehead atoms. The first-order valence-electron chi connectivity index (χ1n) is 15.3. The molecule has 1 heterocycles. The molecule has 0 saturated carbocycles. The van der Waals surface area contributed by atoms with Crippen LogP contribution in [0, 0.1) is 48.5 Å². The predicted octanol–water partition coefficient (Wildman–Crippen LogP) is 10.2. The molecule has 4 nitrogen and oxygen atoms in total. The van der Waals surface area contributed by atoms with Crippen LogP contribution in [-0.2, 0) is 31.3 Å². The summed E-state index contributed by atoms with van der Waals surface area (Å²) in [5, 5.41) is 19.3. The molecule has 0 aliphatic rings. The van der Waals surface area contributed by atoms with Crippen LogP contribution in [-0.4, -0.2) is 15.9 Å². The number of nitriles is 1. The summed E-state index contributed by atoms with van der Waals surface area (Å²) in [5.74, 6) is 0.547. The molecule has 0 aliphatic carbocycles. The normalized spacial score (nSPS) is 11.4. The van der Waals surface area contributed by atoms with E-state index >= 15 is 0 Å². The van der Waals surface area contributed by atoms with Gasteiger partial charge in [-0.25, -0.2) is 0 Å². The van der Waals surface area contributed by atoms with Gasteiger partial charge in [0.05, 0.1) is 11.3 Å². The van der Waals surface area contributed by atoms with Gasteiger partial charge in [0.1, 0.15) is 6.07 Å². The number of pyridine rings is 1. The van der Waals surface area contributed by atoms with E-state index in [1.165, 1.54) is 17.2 Å². The number of hydrogen-bond donors (Lipinski definition) is 1. The summed E-state index contributed by atoms with van der Waals surface area (Å²) in [4.78, 5) is 16.2. The number of nitrogens with zero attached hydrogens (tertiary/aromatic N) is 2. The first kappa shape index (κ1) is 38.0. The van der Waals surface area contributed by atoms with E-state index in [2.05, 4.69) is 81.2 Å². The fourth-order valence-electron chi connectivity index (χ4n) is 5.16. The number of ketones is 1. The van der Waals surface area contributed by atoms with E-state index in [0.717, 1.165) is 60.1 Å². The van der Waals surface area contributed by atoms with Crippen molar-refractivity contribution < 1.29 is 30.0 Å². The van der Waals surface area contributed by atoms with Gasteiger partial charge in [0.25, 0.3) is 0 Å². The molecule has 0 saturated heterocycles. The quantitative estimate of drug-likeness (QED) is 0.127. The molecule has 1 N–H and O–H groups in total. The smallest absolute Gasteiger partial charge is 0.162 e. The van der Waals surface area contributed by atoms with Crippen LogP contribution in [0.25, 0.3) is 22.4 Å². The summed E-state index contributed by atoms with van der Waals surface area (Å²) in [6.07, 6.45) is 7.60. The van der Waals surface area contributed by atoms with Crippen LogP contribution in [0.15, 0.2) is 60.5 Å². The van der Waals surface area contributed by atoms with E-state index in [-0.39, 0.29) is 48.9 Å². The van der Waals surface area contributed by atoms with E-state index in [1.54, 1.807) is 6.20 Å². The molecule has 0 spiro atoms. The Kier molecular flexibility index (Phi) is 15.8. The third-order valence-corrected chi connectivity index (χ3v) is 7.53. The van der Waals surface area contributed by atoms with E-state index in [4.69, 9.17) is 0 Å². The number of aromatic nitrogens is 1. The van der Waals surface area contributed by atoms with Crippen LogP contribution in [0.4, 0.5) is 0 Å². The van der Waals surface area contributed by atoms with Crippen LogP contribution >= 0.6 is 0 Å². The van der Waals surface area contributed by atoms with Gasteiger partial charge in [0.15, 0.2) is 5.78 Å². The van der Waals surface area contributed by atoms with Crippen molar-refractivity contribution >= 4 is 5.78 Å². The van der Waals surface area contributed by atoms with Gasteiger partial charge in [-0.1, -0.05) is 92.6 Å². The Hall–Kier alpha value is -3.06. The summed E-state index contributed by atoms with van der Waals surface area (Å²) in [6, 6.07) is 20.3. The number of carbonyl (C=O) groups excluding carboxylic acids is 1. The largest absolute Gasteiger partial charge is 0.512 e. The maximum Gasteiger partial charge on any atom is 0.162 e. The van der Waals surface area contributed by atoms with Crippen molar-refractivity contribution in [2.45, 2.75) is 94.4 Å². The maximum atomic E-state index is 11.7. The summed E-state index contributed by atoms with van der Waals surface area (Å²) in [6.45, 7) is 18.9. The van der Waals surface area contributed by atoms with Gasteiger partial charge in [-0.15, -0.1) is 34.9 Å². The Labute approximate surface area is 274 Å². The van der Waals surface area contributed by atoms with Crippen LogP contribution in [0.3, 0.4) is 0 Å². The number of aliphatic hydroxyl groups excluding tert-OH is 1. The first-order chi connectivity index (χ1) is 19.8. The number of carbonyl (C=O) groups is 1. The first-order valence-corrected chi connectivity index (χ1v) is 15.3. The van der Waals surface area contributed by atoms with Gasteiger partial charge in [0.2, 0.25) is 0 Å². The van der Waals surface area contributed by atoms with Crippen molar-refractivity contribution in [1.29, 1.82) is 5.26 Å². The SMILES string of the molecule is CCC(CC)C(=O)/C=C(\O)C(CC)CC.Cc1[c-]c(-c2cc(-c3ccc(CC(C)(C)C)cc3)c(C#N)cn2)cc(C)c1.[Ir]. The Balaban J connectivity index is 0.000000497. The van der Waals surface area contributed by atoms with Gasteiger partial charge < -0.3 is 10.1 Å². The number of hydrogen-bond acceptors (Lipinski definition) is 4. The number of rotatable bonds is 10. The average Bonchev–Trinajstić information content (AvgIpc) is 2.93. The second-order valence-electron chi connectivity index (χ2n) is 12.4. The van der Waals surface area contributed by atoms with Crippen LogP contribution in [0.1, 0.15) is 96.4 Å². The van der Waals surface area contributed by atoms with Crippen molar-refractivity contribution in [3.8, 4) is 28.5 Å². The van der Waals surface area contributed by atoms with E-state index < -0.39 is 0 Å². The minimum absolute atomic E-state index is 0. The zero-order valence-electron chi connectivity index (χ0n) is 27.5. The Bertz CT molecular complexity index is 1370. The average molecular weight is 758 g/mol. The van der Waals surface area contributed by atoms with Crippen molar-refractivity contribution in [3.63, 3.8) is 0 Å². The molecule has 5 heteroatoms. The van der Waals surface area contributed by atoms with Crippen LogP contribution in [0.2, 0.25) is 0 Å². The molecule has 0 fully saturated rings. The van der Waals surface area contributed by atoms with Gasteiger partial charge in [-0.3, -0.25) is 4.79 Å². The zero-order valence-corrected chi connectivity index (χ0v) is 29.9. The van der Waals surface area contributed by atoms with Crippen molar-refractivity contribution in [2.75, 3.05) is 0 Å². The van der Waals surface area contributed by atoms with Crippen molar-refractivity contribution in [1.82, 2.24) is 4.98 Å². The number of allylic oxidation sites excluding steroid dienone is 2. The van der Waals surface area contributed by atoms with Crippen LogP contribution < -0.4 is 0 Å². The van der Waals surface area contributed by atoms with Gasteiger partial charge in [-0.05, 0) is 59.9 Å². The Morgan fingerprint density at radius 2 is 1.56 bits per heavy atom. The molecule has 0 atom stereocenters. The minimum atomic E-state index is 0. The molecule has 3 aromatic rings. The summed E-state index contributed by atoms with van der Waals surface area (Å²) in [7, 11) is 0. The molecule has 0 unspecified atom stereocenters. The number of benzene rings is 2. The predicted molar refractivity (Wildman–Crippen MR) is 175 cm³/mol. The molecule has 233 valence electrons. The molecule has 43 heavy (non-hydrogen) atoms. The summed E-state index contributed by atoms with van der Waals surface area (Å²) >= 11 is 0. The topological polar surface area (TPSA) is 74.0 Å². The van der Waals surface area contributed by atoms with Crippen molar-refractivity contribution in [2.24, 2.45) is 17.3 Å². The second kappa shape index (κ2) is 17.9. The third-order valence-electron chi connectivity index (χ3n) is 7.53. The molecule has 2 aromatic carbocycles. The zero-order chi connectivity index (χ0) is 31.4. The summed E-state index contributed by atoms with van der Waals surface area (Å²) < 4.78 is 0. The summed E-state index contributed by atoms with van der Waals surface area (Å²) in [5.41, 5.74) is 8.17. The number of aliphatic hydroxyl groups is 1. The van der Waals surface area contributed by atoms with E-state index in [0.29, 0.717) is 5.56 Å². The molecular formula is C38H49IrN2O2-. The molecule has 3 rings (SSSR count). The van der Waals surface area contributed by atoms with Gasteiger partial charge in [0, 0.05) is 44.2 Å². The van der Waals surface area contributed by atoms with E-state index in [1.807, 2.05) is 40.7 Å². The third kappa shape index (κ3) is 11.9. The fraction of sp³-hybridized carbons (Fsp3) is 0.447. The van der Waals surface area contributed by atoms with E-state index in [9.17, 15) is 15.2 Å². The molecule has 0 aliphatic heterocycles. The van der Waals surface area contributed by atoms with Crippen molar-refractivity contribution in [3.05, 3.63) is 88.8 Å². The van der Waals surface area contributed by atoms with Gasteiger partial charge in [-0.2, -0.15) is 5.26 Å². The Morgan fingerprint density at radius 3 is 2.05 bits per heavy atom. The van der Waals surface area contributed by atoms with Gasteiger partial charge >= 0.3 is 0 Å². The minimum Gasteiger partial charge on any atom is -0.512 e.